The molecule has 1 rings (SSSR count). The van der Waals surface area contributed by atoms with Gasteiger partial charge >= 0.3 is 0 Å². The Morgan fingerprint density at radius 1 is 1.36 bits per heavy atom. The standard InChI is InChI=1S/C10H10Cl2O2/c1-2-7(13)6-14-8-3-4-9(11)10(12)5-8/h3-5H,2,6H2,1H3. The van der Waals surface area contributed by atoms with Gasteiger partial charge in [0.1, 0.15) is 12.4 Å². The molecule has 1 aromatic carbocycles. The summed E-state index contributed by atoms with van der Waals surface area (Å²) in [5.41, 5.74) is 0. The van der Waals surface area contributed by atoms with Gasteiger partial charge in [-0.2, -0.15) is 0 Å². The van der Waals surface area contributed by atoms with Crippen molar-refractivity contribution >= 4 is 29.0 Å². The van der Waals surface area contributed by atoms with Crippen LogP contribution in [-0.4, -0.2) is 12.4 Å². The minimum Gasteiger partial charge on any atom is -0.486 e. The van der Waals surface area contributed by atoms with E-state index in [1.807, 2.05) is 0 Å². The van der Waals surface area contributed by atoms with Gasteiger partial charge in [0.25, 0.3) is 0 Å². The summed E-state index contributed by atoms with van der Waals surface area (Å²) in [6, 6.07) is 4.90. The summed E-state index contributed by atoms with van der Waals surface area (Å²) in [6.45, 7) is 1.87. The first-order valence-electron chi connectivity index (χ1n) is 4.23. The van der Waals surface area contributed by atoms with Crippen LogP contribution in [0.1, 0.15) is 13.3 Å². The highest BCUT2D eigenvalue weighted by molar-refractivity contribution is 6.42. The van der Waals surface area contributed by atoms with Crippen molar-refractivity contribution in [1.82, 2.24) is 0 Å². The van der Waals surface area contributed by atoms with Gasteiger partial charge in [0.2, 0.25) is 0 Å². The molecule has 2 nitrogen and oxygen atoms in total. The number of hydrogen-bond donors (Lipinski definition) is 0. The molecule has 0 N–H and O–H groups in total. The maximum absolute atomic E-state index is 11.0. The van der Waals surface area contributed by atoms with E-state index in [0.717, 1.165) is 0 Å². The number of ether oxygens (including phenoxy) is 1. The first-order valence-corrected chi connectivity index (χ1v) is 4.98. The monoisotopic (exact) mass is 232 g/mol. The first kappa shape index (κ1) is 11.3. The van der Waals surface area contributed by atoms with E-state index in [9.17, 15) is 4.79 Å². The molecule has 4 heteroatoms. The third-order valence-corrected chi connectivity index (χ3v) is 2.42. The molecular weight excluding hydrogens is 223 g/mol. The largest absolute Gasteiger partial charge is 0.486 e. The highest BCUT2D eigenvalue weighted by Gasteiger charge is 2.02. The van der Waals surface area contributed by atoms with Crippen LogP contribution in [0.25, 0.3) is 0 Å². The predicted molar refractivity (Wildman–Crippen MR) is 57.3 cm³/mol. The molecule has 0 unspecified atom stereocenters. The molecule has 0 fully saturated rings. The molecule has 0 radical (unpaired) electrons. The molecule has 14 heavy (non-hydrogen) atoms. The van der Waals surface area contributed by atoms with Crippen molar-refractivity contribution in [1.29, 1.82) is 0 Å². The van der Waals surface area contributed by atoms with Crippen molar-refractivity contribution in [2.75, 3.05) is 6.61 Å². The second kappa shape index (κ2) is 5.23. The molecule has 0 spiro atoms. The molecule has 0 heterocycles. The SMILES string of the molecule is CCC(=O)COc1ccc(Cl)c(Cl)c1. The summed E-state index contributed by atoms with van der Waals surface area (Å²) in [7, 11) is 0. The topological polar surface area (TPSA) is 26.3 Å². The molecule has 0 amide bonds. The summed E-state index contributed by atoms with van der Waals surface area (Å²) in [5, 5.41) is 0.897. The van der Waals surface area contributed by atoms with Gasteiger partial charge in [0, 0.05) is 12.5 Å². The van der Waals surface area contributed by atoms with Gasteiger partial charge in [-0.3, -0.25) is 4.79 Å². The van der Waals surface area contributed by atoms with Gasteiger partial charge in [-0.1, -0.05) is 30.1 Å². The third kappa shape index (κ3) is 3.20. The van der Waals surface area contributed by atoms with Crippen LogP contribution in [0, 0.1) is 0 Å². The molecular formula is C10H10Cl2O2. The highest BCUT2D eigenvalue weighted by atomic mass is 35.5. The number of benzene rings is 1. The second-order valence-corrected chi connectivity index (χ2v) is 3.57. The molecule has 0 aliphatic carbocycles. The summed E-state index contributed by atoms with van der Waals surface area (Å²) in [6.07, 6.45) is 0.474. The lowest BCUT2D eigenvalue weighted by molar-refractivity contribution is -0.120. The van der Waals surface area contributed by atoms with E-state index in [0.29, 0.717) is 22.2 Å². The van der Waals surface area contributed by atoms with Gasteiger partial charge in [0.05, 0.1) is 10.0 Å². The summed E-state index contributed by atoms with van der Waals surface area (Å²) in [4.78, 5) is 11.0. The Morgan fingerprint density at radius 3 is 2.64 bits per heavy atom. The van der Waals surface area contributed by atoms with E-state index < -0.39 is 0 Å². The Balaban J connectivity index is 2.60. The Bertz CT molecular complexity index is 337. The smallest absolute Gasteiger partial charge is 0.169 e. The van der Waals surface area contributed by atoms with Crippen LogP contribution in [0.4, 0.5) is 0 Å². The van der Waals surface area contributed by atoms with Crippen molar-refractivity contribution in [3.63, 3.8) is 0 Å². The minimum atomic E-state index is 0.0519. The fourth-order valence-corrected chi connectivity index (χ4v) is 1.12. The van der Waals surface area contributed by atoms with Crippen LogP contribution in [0.2, 0.25) is 10.0 Å². The number of ketones is 1. The lowest BCUT2D eigenvalue weighted by Crippen LogP contribution is -2.09. The van der Waals surface area contributed by atoms with Gasteiger partial charge in [-0.05, 0) is 12.1 Å². The van der Waals surface area contributed by atoms with Crippen molar-refractivity contribution < 1.29 is 9.53 Å². The lowest BCUT2D eigenvalue weighted by Gasteiger charge is -2.05. The van der Waals surface area contributed by atoms with E-state index in [1.54, 1.807) is 25.1 Å². The Morgan fingerprint density at radius 2 is 2.07 bits per heavy atom. The molecule has 0 aliphatic heterocycles. The van der Waals surface area contributed by atoms with Gasteiger partial charge in [-0.15, -0.1) is 0 Å². The Kier molecular flexibility index (Phi) is 4.23. The molecule has 0 bridgehead atoms. The van der Waals surface area contributed by atoms with Crippen LogP contribution in [-0.2, 0) is 4.79 Å². The highest BCUT2D eigenvalue weighted by Crippen LogP contribution is 2.26. The summed E-state index contributed by atoms with van der Waals surface area (Å²) in [5.74, 6) is 0.609. The van der Waals surface area contributed by atoms with Crippen LogP contribution >= 0.6 is 23.2 Å². The van der Waals surface area contributed by atoms with E-state index in [2.05, 4.69) is 0 Å². The molecule has 76 valence electrons. The number of halogens is 2. The van der Waals surface area contributed by atoms with Gasteiger partial charge < -0.3 is 4.74 Å². The average molecular weight is 233 g/mol. The number of carbonyl (C=O) groups is 1. The molecule has 0 aromatic heterocycles. The van der Waals surface area contributed by atoms with E-state index in [1.165, 1.54) is 0 Å². The van der Waals surface area contributed by atoms with Crippen molar-refractivity contribution in [2.45, 2.75) is 13.3 Å². The van der Waals surface area contributed by atoms with E-state index >= 15 is 0 Å². The zero-order valence-electron chi connectivity index (χ0n) is 7.72. The quantitative estimate of drug-likeness (QED) is 0.796. The average Bonchev–Trinajstić information content (AvgIpc) is 2.19. The van der Waals surface area contributed by atoms with Crippen molar-refractivity contribution in [2.24, 2.45) is 0 Å². The van der Waals surface area contributed by atoms with Gasteiger partial charge in [0.15, 0.2) is 5.78 Å². The Hall–Kier alpha value is -0.730. The zero-order valence-corrected chi connectivity index (χ0v) is 9.23. The van der Waals surface area contributed by atoms with Crippen molar-refractivity contribution in [3.8, 4) is 5.75 Å². The summed E-state index contributed by atoms with van der Waals surface area (Å²) < 4.78 is 5.20. The maximum Gasteiger partial charge on any atom is 0.169 e. The maximum atomic E-state index is 11.0. The zero-order chi connectivity index (χ0) is 10.6. The van der Waals surface area contributed by atoms with Crippen LogP contribution in [0.15, 0.2) is 18.2 Å². The summed E-state index contributed by atoms with van der Waals surface area (Å²) >= 11 is 11.5. The minimum absolute atomic E-state index is 0.0519. The van der Waals surface area contributed by atoms with E-state index in [-0.39, 0.29) is 12.4 Å². The number of Topliss-reactive ketones (excluding diaryl/α,β-unsaturated/α-hetero) is 1. The predicted octanol–water partition coefficient (Wildman–Crippen LogP) is 3.35. The fraction of sp³-hybridized carbons (Fsp3) is 0.300. The second-order valence-electron chi connectivity index (χ2n) is 2.76. The van der Waals surface area contributed by atoms with Crippen molar-refractivity contribution in [3.05, 3.63) is 28.2 Å². The molecule has 0 saturated heterocycles. The first-order chi connectivity index (χ1) is 6.63. The van der Waals surface area contributed by atoms with Crippen LogP contribution < -0.4 is 4.74 Å². The normalized spacial score (nSPS) is 9.93. The van der Waals surface area contributed by atoms with Gasteiger partial charge in [-0.25, -0.2) is 0 Å². The van der Waals surface area contributed by atoms with Crippen LogP contribution in [0.3, 0.4) is 0 Å². The lowest BCUT2D eigenvalue weighted by atomic mass is 10.3. The molecule has 1 aromatic rings. The fourth-order valence-electron chi connectivity index (χ4n) is 0.833. The molecule has 0 aliphatic rings. The number of hydrogen-bond acceptors (Lipinski definition) is 2. The third-order valence-electron chi connectivity index (χ3n) is 1.69. The number of rotatable bonds is 4. The molecule has 0 atom stereocenters. The number of carbonyl (C=O) groups excluding carboxylic acids is 1. The molecule has 0 saturated carbocycles. The Labute approximate surface area is 92.8 Å². The van der Waals surface area contributed by atoms with Crippen LogP contribution in [0.5, 0.6) is 5.75 Å². The van der Waals surface area contributed by atoms with E-state index in [4.69, 9.17) is 27.9 Å².